The number of benzene rings is 1. The van der Waals surface area contributed by atoms with Crippen LogP contribution in [0.1, 0.15) is 16.9 Å². The van der Waals surface area contributed by atoms with Crippen molar-refractivity contribution in [3.63, 3.8) is 0 Å². The van der Waals surface area contributed by atoms with E-state index in [4.69, 9.17) is 5.26 Å². The number of amides is 1. The zero-order chi connectivity index (χ0) is 20.1. The van der Waals surface area contributed by atoms with Crippen LogP contribution >= 0.6 is 11.3 Å². The molecule has 6 heteroatoms. The average molecular weight is 405 g/mol. The number of fused-ring (bicyclic) bond motifs is 1. The molecule has 0 bridgehead atoms. The number of hydrogen-bond acceptors (Lipinski definition) is 4. The molecule has 1 fully saturated rings. The highest BCUT2D eigenvalue weighted by molar-refractivity contribution is 7.09. The molecule has 5 nitrogen and oxygen atoms in total. The summed E-state index contributed by atoms with van der Waals surface area (Å²) < 4.78 is 2.09. The van der Waals surface area contributed by atoms with Crippen molar-refractivity contribution in [2.45, 2.75) is 19.5 Å². The number of carbonyl (C=O) groups excluding carboxylic acids is 1. The SMILES string of the molecule is N#CCCn1cc(C=CC(=O)N2CCN(Cc3cccs3)CC2)c2ccccc21. The van der Waals surface area contributed by atoms with Crippen molar-refractivity contribution < 1.29 is 4.79 Å². The maximum absolute atomic E-state index is 12.7. The first-order valence-corrected chi connectivity index (χ1v) is 10.8. The van der Waals surface area contributed by atoms with Gasteiger partial charge in [-0.2, -0.15) is 5.26 Å². The van der Waals surface area contributed by atoms with E-state index in [0.717, 1.165) is 49.2 Å². The zero-order valence-electron chi connectivity index (χ0n) is 16.3. The molecule has 0 radical (unpaired) electrons. The van der Waals surface area contributed by atoms with Crippen LogP contribution in [0.4, 0.5) is 0 Å². The van der Waals surface area contributed by atoms with Crippen LogP contribution in [0.25, 0.3) is 17.0 Å². The second-order valence-electron chi connectivity index (χ2n) is 7.22. The van der Waals surface area contributed by atoms with Gasteiger partial charge in [-0.1, -0.05) is 24.3 Å². The molecule has 0 aliphatic carbocycles. The van der Waals surface area contributed by atoms with Gasteiger partial charge < -0.3 is 9.47 Å². The summed E-state index contributed by atoms with van der Waals surface area (Å²) in [6.07, 6.45) is 6.10. The fourth-order valence-electron chi connectivity index (χ4n) is 3.78. The van der Waals surface area contributed by atoms with Crippen LogP contribution in [-0.4, -0.2) is 46.5 Å². The topological polar surface area (TPSA) is 52.3 Å². The molecule has 0 spiro atoms. The predicted molar refractivity (Wildman–Crippen MR) is 117 cm³/mol. The molecule has 0 saturated carbocycles. The van der Waals surface area contributed by atoms with Crippen molar-refractivity contribution >= 4 is 34.2 Å². The smallest absolute Gasteiger partial charge is 0.246 e. The van der Waals surface area contributed by atoms with E-state index in [1.54, 1.807) is 17.4 Å². The lowest BCUT2D eigenvalue weighted by Gasteiger charge is -2.33. The van der Waals surface area contributed by atoms with E-state index in [-0.39, 0.29) is 5.91 Å². The molecule has 1 aromatic carbocycles. The number of aromatic nitrogens is 1. The van der Waals surface area contributed by atoms with E-state index in [1.165, 1.54) is 4.88 Å². The Labute approximate surface area is 175 Å². The largest absolute Gasteiger partial charge is 0.346 e. The zero-order valence-corrected chi connectivity index (χ0v) is 17.1. The van der Waals surface area contributed by atoms with Crippen LogP contribution in [0.2, 0.25) is 0 Å². The highest BCUT2D eigenvalue weighted by Gasteiger charge is 2.20. The quantitative estimate of drug-likeness (QED) is 0.584. The molecule has 0 unspecified atom stereocenters. The molecule has 4 rings (SSSR count). The van der Waals surface area contributed by atoms with Gasteiger partial charge in [0.25, 0.3) is 0 Å². The number of rotatable bonds is 6. The second kappa shape index (κ2) is 9.08. The van der Waals surface area contributed by atoms with Gasteiger partial charge in [-0.25, -0.2) is 0 Å². The average Bonchev–Trinajstić information content (AvgIpc) is 3.39. The minimum Gasteiger partial charge on any atom is -0.346 e. The number of hydrogen-bond donors (Lipinski definition) is 0. The molecular formula is C23H24N4OS. The fraction of sp³-hybridized carbons (Fsp3) is 0.304. The van der Waals surface area contributed by atoms with E-state index in [0.29, 0.717) is 13.0 Å². The highest BCUT2D eigenvalue weighted by atomic mass is 32.1. The van der Waals surface area contributed by atoms with Crippen molar-refractivity contribution in [3.8, 4) is 6.07 Å². The maximum atomic E-state index is 12.7. The molecule has 0 atom stereocenters. The molecule has 1 aliphatic heterocycles. The molecule has 1 saturated heterocycles. The van der Waals surface area contributed by atoms with Crippen LogP contribution in [-0.2, 0) is 17.9 Å². The molecule has 2 aromatic heterocycles. The number of nitrogens with zero attached hydrogens (tertiary/aromatic N) is 4. The van der Waals surface area contributed by atoms with Crippen molar-refractivity contribution in [3.05, 3.63) is 64.5 Å². The van der Waals surface area contributed by atoms with E-state index in [2.05, 4.69) is 45.2 Å². The number of thiophene rings is 1. The Morgan fingerprint density at radius 3 is 2.72 bits per heavy atom. The summed E-state index contributed by atoms with van der Waals surface area (Å²) >= 11 is 1.78. The first-order chi connectivity index (χ1) is 14.2. The summed E-state index contributed by atoms with van der Waals surface area (Å²) in [5.41, 5.74) is 2.11. The molecule has 0 N–H and O–H groups in total. The van der Waals surface area contributed by atoms with Crippen LogP contribution in [0.3, 0.4) is 0 Å². The lowest BCUT2D eigenvalue weighted by atomic mass is 10.1. The number of piperazine rings is 1. The summed E-state index contributed by atoms with van der Waals surface area (Å²) in [4.78, 5) is 18.4. The van der Waals surface area contributed by atoms with Gasteiger partial charge in [-0.3, -0.25) is 9.69 Å². The Balaban J connectivity index is 1.39. The Morgan fingerprint density at radius 2 is 1.97 bits per heavy atom. The standard InChI is InChI=1S/C23H24N4OS/c24-10-4-11-27-17-19(21-6-1-2-7-22(21)27)8-9-23(28)26-14-12-25(13-15-26)18-20-5-3-16-29-20/h1-3,5-9,16-17H,4,11-15,18H2. The number of carbonyl (C=O) groups is 1. The third-order valence-corrected chi connectivity index (χ3v) is 6.19. The monoisotopic (exact) mass is 404 g/mol. The molecule has 29 heavy (non-hydrogen) atoms. The molecule has 1 aliphatic rings. The van der Waals surface area contributed by atoms with Crippen molar-refractivity contribution in [1.29, 1.82) is 5.26 Å². The van der Waals surface area contributed by atoms with Crippen LogP contribution in [0, 0.1) is 11.3 Å². The lowest BCUT2D eigenvalue weighted by molar-refractivity contribution is -0.127. The van der Waals surface area contributed by atoms with Gasteiger partial charge >= 0.3 is 0 Å². The second-order valence-corrected chi connectivity index (χ2v) is 8.25. The van der Waals surface area contributed by atoms with Crippen molar-refractivity contribution in [1.82, 2.24) is 14.4 Å². The maximum Gasteiger partial charge on any atom is 0.246 e. The Hall–Kier alpha value is -2.88. The van der Waals surface area contributed by atoms with Crippen LogP contribution in [0.5, 0.6) is 0 Å². The highest BCUT2D eigenvalue weighted by Crippen LogP contribution is 2.23. The van der Waals surface area contributed by atoms with Crippen LogP contribution in [0.15, 0.2) is 54.1 Å². The third-order valence-electron chi connectivity index (χ3n) is 5.33. The van der Waals surface area contributed by atoms with Gasteiger partial charge in [0.05, 0.1) is 12.5 Å². The van der Waals surface area contributed by atoms with Crippen LogP contribution < -0.4 is 0 Å². The molecular weight excluding hydrogens is 380 g/mol. The van der Waals surface area contributed by atoms with Gasteiger partial charge in [-0.05, 0) is 23.6 Å². The van der Waals surface area contributed by atoms with Gasteiger partial charge in [0.1, 0.15) is 0 Å². The van der Waals surface area contributed by atoms with Gasteiger partial charge in [0.2, 0.25) is 5.91 Å². The lowest BCUT2D eigenvalue weighted by Crippen LogP contribution is -2.47. The number of aryl methyl sites for hydroxylation is 1. The van der Waals surface area contributed by atoms with Gasteiger partial charge in [-0.15, -0.1) is 11.3 Å². The van der Waals surface area contributed by atoms with Crippen molar-refractivity contribution in [2.24, 2.45) is 0 Å². The van der Waals surface area contributed by atoms with Crippen molar-refractivity contribution in [2.75, 3.05) is 26.2 Å². The number of para-hydroxylation sites is 1. The van der Waals surface area contributed by atoms with Gasteiger partial charge in [0.15, 0.2) is 0 Å². The Bertz CT molecular complexity index is 1040. The fourth-order valence-corrected chi connectivity index (χ4v) is 4.53. The normalized spacial score (nSPS) is 15.2. The molecule has 148 valence electrons. The molecule has 3 heterocycles. The summed E-state index contributed by atoms with van der Waals surface area (Å²) in [6.45, 7) is 4.97. The minimum atomic E-state index is 0.0645. The summed E-state index contributed by atoms with van der Waals surface area (Å²) in [5.74, 6) is 0.0645. The molecule has 1 amide bonds. The summed E-state index contributed by atoms with van der Waals surface area (Å²) in [7, 11) is 0. The van der Waals surface area contributed by atoms with E-state index < -0.39 is 0 Å². The first kappa shape index (κ1) is 19.4. The van der Waals surface area contributed by atoms with E-state index in [9.17, 15) is 4.79 Å². The Morgan fingerprint density at radius 1 is 1.14 bits per heavy atom. The third kappa shape index (κ3) is 4.58. The predicted octanol–water partition coefficient (Wildman–Crippen LogP) is 3.97. The number of nitriles is 1. The minimum absolute atomic E-state index is 0.0645. The van der Waals surface area contributed by atoms with Gasteiger partial charge in [0, 0.05) is 72.9 Å². The van der Waals surface area contributed by atoms with E-state index in [1.807, 2.05) is 29.3 Å². The summed E-state index contributed by atoms with van der Waals surface area (Å²) in [6, 6.07) is 14.6. The van der Waals surface area contributed by atoms with E-state index >= 15 is 0 Å². The molecule has 3 aromatic rings. The summed E-state index contributed by atoms with van der Waals surface area (Å²) in [5, 5.41) is 12.1. The Kier molecular flexibility index (Phi) is 6.09. The first-order valence-electron chi connectivity index (χ1n) is 9.91.